The van der Waals surface area contributed by atoms with Crippen LogP contribution >= 0.6 is 0 Å². The monoisotopic (exact) mass is 166 g/mol. The zero-order valence-corrected chi connectivity index (χ0v) is 7.76. The standard InChI is InChI=1S/C10H14O2/c1-7(2)9-6-8(3)4-5-10(11)12-9/h4,6-7H,5H2,1-3H3. The number of hydrogen-bond donors (Lipinski definition) is 0. The van der Waals surface area contributed by atoms with Gasteiger partial charge in [0.1, 0.15) is 5.76 Å². The van der Waals surface area contributed by atoms with Gasteiger partial charge in [0.05, 0.1) is 6.42 Å². The molecule has 0 spiro atoms. The molecule has 0 radical (unpaired) electrons. The third-order valence-electron chi connectivity index (χ3n) is 1.76. The maximum atomic E-state index is 11.0. The van der Waals surface area contributed by atoms with Crippen molar-refractivity contribution in [3.8, 4) is 0 Å². The Morgan fingerprint density at radius 2 is 2.17 bits per heavy atom. The summed E-state index contributed by atoms with van der Waals surface area (Å²) in [6.07, 6.45) is 4.20. The van der Waals surface area contributed by atoms with Crippen LogP contribution in [0.15, 0.2) is 23.5 Å². The van der Waals surface area contributed by atoms with Gasteiger partial charge < -0.3 is 4.74 Å². The van der Waals surface area contributed by atoms with Gasteiger partial charge in [0.25, 0.3) is 0 Å². The molecule has 0 aromatic rings. The molecule has 66 valence electrons. The van der Waals surface area contributed by atoms with E-state index in [0.717, 1.165) is 11.3 Å². The van der Waals surface area contributed by atoms with Gasteiger partial charge in [-0.3, -0.25) is 4.79 Å². The highest BCUT2D eigenvalue weighted by Gasteiger charge is 2.12. The predicted molar refractivity (Wildman–Crippen MR) is 47.4 cm³/mol. The maximum Gasteiger partial charge on any atom is 0.314 e. The Balaban J connectivity index is 2.86. The normalized spacial score (nSPS) is 18.2. The van der Waals surface area contributed by atoms with Gasteiger partial charge in [0, 0.05) is 5.92 Å². The van der Waals surface area contributed by atoms with Crippen LogP contribution in [0.3, 0.4) is 0 Å². The fourth-order valence-electron chi connectivity index (χ4n) is 1.01. The van der Waals surface area contributed by atoms with Crippen molar-refractivity contribution in [2.45, 2.75) is 27.2 Å². The van der Waals surface area contributed by atoms with Gasteiger partial charge in [0.15, 0.2) is 0 Å². The topological polar surface area (TPSA) is 26.3 Å². The van der Waals surface area contributed by atoms with Crippen molar-refractivity contribution in [1.29, 1.82) is 0 Å². The Morgan fingerprint density at radius 1 is 1.50 bits per heavy atom. The zero-order valence-electron chi connectivity index (χ0n) is 7.76. The minimum Gasteiger partial charge on any atom is -0.431 e. The van der Waals surface area contributed by atoms with Crippen molar-refractivity contribution in [1.82, 2.24) is 0 Å². The number of carbonyl (C=O) groups excluding carboxylic acids is 1. The molecule has 0 atom stereocenters. The van der Waals surface area contributed by atoms with Crippen molar-refractivity contribution in [3.63, 3.8) is 0 Å². The first-order valence-corrected chi connectivity index (χ1v) is 4.18. The lowest BCUT2D eigenvalue weighted by molar-refractivity contribution is -0.139. The summed E-state index contributed by atoms with van der Waals surface area (Å²) in [6, 6.07) is 0. The van der Waals surface area contributed by atoms with Gasteiger partial charge in [0.2, 0.25) is 0 Å². The molecule has 0 saturated carbocycles. The first kappa shape index (κ1) is 9.04. The Kier molecular flexibility index (Phi) is 2.69. The second kappa shape index (κ2) is 3.57. The molecule has 0 saturated heterocycles. The summed E-state index contributed by atoms with van der Waals surface area (Å²) in [5, 5.41) is 0. The number of hydrogen-bond acceptors (Lipinski definition) is 2. The van der Waals surface area contributed by atoms with Crippen LogP contribution in [0.4, 0.5) is 0 Å². The Bertz CT molecular complexity index is 247. The fourth-order valence-corrected chi connectivity index (χ4v) is 1.01. The molecule has 0 aliphatic carbocycles. The molecule has 1 heterocycles. The van der Waals surface area contributed by atoms with Crippen LogP contribution in [0, 0.1) is 5.92 Å². The van der Waals surface area contributed by atoms with Crippen LogP contribution in [0.1, 0.15) is 27.2 Å². The number of allylic oxidation sites excluding steroid dienone is 3. The highest BCUT2D eigenvalue weighted by atomic mass is 16.5. The molecule has 2 heteroatoms. The number of carbonyl (C=O) groups is 1. The van der Waals surface area contributed by atoms with E-state index in [2.05, 4.69) is 0 Å². The summed E-state index contributed by atoms with van der Waals surface area (Å²) in [4.78, 5) is 11.0. The van der Waals surface area contributed by atoms with Crippen LogP contribution in [0.5, 0.6) is 0 Å². The van der Waals surface area contributed by atoms with Crippen molar-refractivity contribution in [2.75, 3.05) is 0 Å². The lowest BCUT2D eigenvalue weighted by atomic mass is 10.1. The van der Waals surface area contributed by atoms with E-state index >= 15 is 0 Å². The molecule has 1 aliphatic rings. The summed E-state index contributed by atoms with van der Waals surface area (Å²) in [5.74, 6) is 0.883. The fraction of sp³-hybridized carbons (Fsp3) is 0.500. The molecule has 0 bridgehead atoms. The highest BCUT2D eigenvalue weighted by molar-refractivity contribution is 5.73. The largest absolute Gasteiger partial charge is 0.431 e. The third kappa shape index (κ3) is 2.22. The lowest BCUT2D eigenvalue weighted by Crippen LogP contribution is -2.05. The van der Waals surface area contributed by atoms with E-state index in [9.17, 15) is 4.79 Å². The molecule has 0 unspecified atom stereocenters. The average Bonchev–Trinajstić information content (AvgIpc) is 2.13. The van der Waals surface area contributed by atoms with Crippen LogP contribution in [-0.2, 0) is 9.53 Å². The van der Waals surface area contributed by atoms with Crippen LogP contribution in [0.2, 0.25) is 0 Å². The molecular formula is C10H14O2. The Morgan fingerprint density at radius 3 is 2.75 bits per heavy atom. The van der Waals surface area contributed by atoms with Gasteiger partial charge in [-0.25, -0.2) is 0 Å². The zero-order chi connectivity index (χ0) is 9.14. The van der Waals surface area contributed by atoms with Gasteiger partial charge in [-0.15, -0.1) is 0 Å². The highest BCUT2D eigenvalue weighted by Crippen LogP contribution is 2.18. The summed E-state index contributed by atoms with van der Waals surface area (Å²) >= 11 is 0. The molecule has 0 amide bonds. The first-order chi connectivity index (χ1) is 5.59. The van der Waals surface area contributed by atoms with E-state index in [1.54, 1.807) is 0 Å². The van der Waals surface area contributed by atoms with Crippen molar-refractivity contribution >= 4 is 5.97 Å². The summed E-state index contributed by atoms with van der Waals surface area (Å²) in [7, 11) is 0. The average molecular weight is 166 g/mol. The Hall–Kier alpha value is -1.05. The van der Waals surface area contributed by atoms with Crippen LogP contribution in [-0.4, -0.2) is 5.97 Å². The second-order valence-electron chi connectivity index (χ2n) is 3.33. The second-order valence-corrected chi connectivity index (χ2v) is 3.33. The van der Waals surface area contributed by atoms with Gasteiger partial charge >= 0.3 is 5.97 Å². The Labute approximate surface area is 72.9 Å². The molecule has 12 heavy (non-hydrogen) atoms. The van der Waals surface area contributed by atoms with Crippen LogP contribution in [0.25, 0.3) is 0 Å². The molecule has 2 nitrogen and oxygen atoms in total. The number of ether oxygens (including phenoxy) is 1. The smallest absolute Gasteiger partial charge is 0.314 e. The van der Waals surface area contributed by atoms with Gasteiger partial charge in [-0.2, -0.15) is 0 Å². The summed E-state index contributed by atoms with van der Waals surface area (Å²) in [5.41, 5.74) is 1.10. The number of rotatable bonds is 1. The lowest BCUT2D eigenvalue weighted by Gasteiger charge is -2.09. The molecule has 0 aromatic heterocycles. The number of cyclic esters (lactones) is 1. The van der Waals surface area contributed by atoms with Gasteiger partial charge in [-0.05, 0) is 13.0 Å². The molecule has 0 fully saturated rings. The van der Waals surface area contributed by atoms with E-state index in [1.165, 1.54) is 0 Å². The van der Waals surface area contributed by atoms with E-state index in [1.807, 2.05) is 32.9 Å². The quantitative estimate of drug-likeness (QED) is 0.559. The minimum absolute atomic E-state index is 0.160. The van der Waals surface area contributed by atoms with E-state index in [-0.39, 0.29) is 11.9 Å². The maximum absolute atomic E-state index is 11.0. The van der Waals surface area contributed by atoms with Crippen molar-refractivity contribution in [2.24, 2.45) is 5.92 Å². The van der Waals surface area contributed by atoms with Crippen molar-refractivity contribution < 1.29 is 9.53 Å². The molecule has 1 aliphatic heterocycles. The summed E-state index contributed by atoms with van der Waals surface area (Å²) < 4.78 is 5.11. The minimum atomic E-state index is -0.160. The molecule has 0 aromatic carbocycles. The van der Waals surface area contributed by atoms with E-state index in [4.69, 9.17) is 4.74 Å². The molecule has 1 rings (SSSR count). The third-order valence-corrected chi connectivity index (χ3v) is 1.76. The molecule has 0 N–H and O–H groups in total. The SMILES string of the molecule is CC1=CCC(=O)OC(C(C)C)=C1. The summed E-state index contributed by atoms with van der Waals surface area (Å²) in [6.45, 7) is 6.00. The van der Waals surface area contributed by atoms with Crippen LogP contribution < -0.4 is 0 Å². The van der Waals surface area contributed by atoms with E-state index in [0.29, 0.717) is 6.42 Å². The number of esters is 1. The van der Waals surface area contributed by atoms with Crippen molar-refractivity contribution in [3.05, 3.63) is 23.5 Å². The first-order valence-electron chi connectivity index (χ1n) is 4.18. The van der Waals surface area contributed by atoms with E-state index < -0.39 is 0 Å². The molecular weight excluding hydrogens is 152 g/mol. The van der Waals surface area contributed by atoms with Gasteiger partial charge in [-0.1, -0.05) is 25.5 Å². The predicted octanol–water partition coefficient (Wildman–Crippen LogP) is 2.42.